The van der Waals surface area contributed by atoms with Gasteiger partial charge in [-0.05, 0) is 12.5 Å². The van der Waals surface area contributed by atoms with Crippen molar-refractivity contribution in [3.8, 4) is 0 Å². The number of benzene rings is 1. The summed E-state index contributed by atoms with van der Waals surface area (Å²) in [5.74, 6) is 1.29. The fourth-order valence-corrected chi connectivity index (χ4v) is 1.96. The van der Waals surface area contributed by atoms with Crippen LogP contribution in [0.15, 0.2) is 34.7 Å². The largest absolute Gasteiger partial charge is 0.445 e. The predicted molar refractivity (Wildman–Crippen MR) is 72.6 cm³/mol. The van der Waals surface area contributed by atoms with Gasteiger partial charge in [-0.2, -0.15) is 0 Å². The molecule has 1 aromatic heterocycles. The topological polar surface area (TPSA) is 46.3 Å². The van der Waals surface area contributed by atoms with E-state index in [9.17, 15) is 4.79 Å². The summed E-state index contributed by atoms with van der Waals surface area (Å²) in [6.45, 7) is 4.25. The van der Waals surface area contributed by atoms with Crippen molar-refractivity contribution in [2.24, 2.45) is 0 Å². The van der Waals surface area contributed by atoms with Gasteiger partial charge in [0.2, 0.25) is 5.91 Å². The summed E-state index contributed by atoms with van der Waals surface area (Å²) in [7, 11) is 1.80. The van der Waals surface area contributed by atoms with Gasteiger partial charge in [-0.3, -0.25) is 4.79 Å². The highest BCUT2D eigenvalue weighted by Crippen LogP contribution is 2.12. The lowest BCUT2D eigenvalue weighted by molar-refractivity contribution is -0.130. The highest BCUT2D eigenvalue weighted by atomic mass is 16.4. The van der Waals surface area contributed by atoms with Gasteiger partial charge in [0.15, 0.2) is 5.89 Å². The molecule has 0 saturated carbocycles. The Hall–Kier alpha value is -2.10. The second-order valence-corrected chi connectivity index (χ2v) is 4.65. The minimum Gasteiger partial charge on any atom is -0.445 e. The van der Waals surface area contributed by atoms with Crippen molar-refractivity contribution in [1.29, 1.82) is 0 Å². The Morgan fingerprint density at radius 1 is 1.26 bits per heavy atom. The van der Waals surface area contributed by atoms with Gasteiger partial charge in [0.1, 0.15) is 5.76 Å². The summed E-state index contributed by atoms with van der Waals surface area (Å²) < 4.78 is 5.43. The van der Waals surface area contributed by atoms with Crippen LogP contribution in [-0.2, 0) is 17.8 Å². The zero-order valence-corrected chi connectivity index (χ0v) is 11.5. The second kappa shape index (κ2) is 5.69. The molecule has 1 heterocycles. The van der Waals surface area contributed by atoms with E-state index in [1.807, 2.05) is 37.3 Å². The van der Waals surface area contributed by atoms with E-state index in [4.69, 9.17) is 4.42 Å². The lowest BCUT2D eigenvalue weighted by Crippen LogP contribution is -2.27. The quantitative estimate of drug-likeness (QED) is 0.846. The van der Waals surface area contributed by atoms with E-state index in [0.29, 0.717) is 18.2 Å². The number of oxazole rings is 1. The van der Waals surface area contributed by atoms with Gasteiger partial charge in [-0.15, -0.1) is 0 Å². The number of carbonyl (C=O) groups is 1. The monoisotopic (exact) mass is 258 g/mol. The van der Waals surface area contributed by atoms with Crippen LogP contribution in [-0.4, -0.2) is 22.8 Å². The molecule has 0 aliphatic carbocycles. The summed E-state index contributed by atoms with van der Waals surface area (Å²) in [6.07, 6.45) is 0.260. The zero-order chi connectivity index (χ0) is 13.8. The number of aromatic nitrogens is 1. The van der Waals surface area contributed by atoms with Crippen LogP contribution in [0, 0.1) is 13.8 Å². The average Bonchev–Trinajstić information content (AvgIpc) is 2.69. The lowest BCUT2D eigenvalue weighted by atomic mass is 10.2. The molecule has 0 radical (unpaired) electrons. The van der Waals surface area contributed by atoms with E-state index in [1.165, 1.54) is 0 Å². The number of likely N-dealkylation sites (N-methyl/N-ethyl adjacent to an activating group) is 1. The van der Waals surface area contributed by atoms with Crippen LogP contribution in [0.4, 0.5) is 0 Å². The molecule has 0 unspecified atom stereocenters. The van der Waals surface area contributed by atoms with Crippen LogP contribution in [0.3, 0.4) is 0 Å². The smallest absolute Gasteiger partial charge is 0.230 e. The van der Waals surface area contributed by atoms with Crippen molar-refractivity contribution < 1.29 is 9.21 Å². The normalized spacial score (nSPS) is 10.5. The standard InChI is InChI=1S/C15H18N2O2/c1-11-14(19-12(2)16-11)9-15(18)17(3)10-13-7-5-4-6-8-13/h4-8H,9-10H2,1-3H3. The van der Waals surface area contributed by atoms with Crippen LogP contribution in [0.1, 0.15) is 22.9 Å². The number of hydrogen-bond acceptors (Lipinski definition) is 3. The molecule has 0 bridgehead atoms. The van der Waals surface area contributed by atoms with E-state index in [0.717, 1.165) is 11.3 Å². The maximum atomic E-state index is 12.1. The number of carbonyl (C=O) groups excluding carboxylic acids is 1. The zero-order valence-electron chi connectivity index (χ0n) is 11.5. The number of aryl methyl sites for hydroxylation is 2. The molecule has 0 saturated heterocycles. The molecule has 0 fully saturated rings. The van der Waals surface area contributed by atoms with Crippen LogP contribution < -0.4 is 0 Å². The Kier molecular flexibility index (Phi) is 4.00. The molecule has 100 valence electrons. The van der Waals surface area contributed by atoms with Gasteiger partial charge in [0.05, 0.1) is 12.1 Å². The Morgan fingerprint density at radius 2 is 1.95 bits per heavy atom. The molecule has 2 rings (SSSR count). The maximum Gasteiger partial charge on any atom is 0.230 e. The molecule has 1 aromatic carbocycles. The Bertz CT molecular complexity index is 561. The highest BCUT2D eigenvalue weighted by Gasteiger charge is 2.15. The van der Waals surface area contributed by atoms with Gasteiger partial charge in [-0.25, -0.2) is 4.98 Å². The number of rotatable bonds is 4. The first-order valence-electron chi connectivity index (χ1n) is 6.27. The molecule has 0 atom stereocenters. The van der Waals surface area contributed by atoms with Crippen LogP contribution in [0.25, 0.3) is 0 Å². The van der Waals surface area contributed by atoms with E-state index >= 15 is 0 Å². The fourth-order valence-electron chi connectivity index (χ4n) is 1.96. The molecule has 1 amide bonds. The SMILES string of the molecule is Cc1nc(C)c(CC(=O)N(C)Cc2ccccc2)o1. The first kappa shape index (κ1) is 13.3. The molecular weight excluding hydrogens is 240 g/mol. The summed E-state index contributed by atoms with van der Waals surface area (Å²) in [6, 6.07) is 9.92. The molecule has 4 nitrogen and oxygen atoms in total. The maximum absolute atomic E-state index is 12.1. The molecule has 2 aromatic rings. The van der Waals surface area contributed by atoms with Gasteiger partial charge in [0, 0.05) is 20.5 Å². The Labute approximate surface area is 113 Å². The van der Waals surface area contributed by atoms with Crippen LogP contribution >= 0.6 is 0 Å². The third-order valence-corrected chi connectivity index (χ3v) is 3.00. The van der Waals surface area contributed by atoms with Crippen molar-refractivity contribution in [3.63, 3.8) is 0 Å². The third kappa shape index (κ3) is 3.44. The Balaban J connectivity index is 1.98. The Morgan fingerprint density at radius 3 is 2.53 bits per heavy atom. The second-order valence-electron chi connectivity index (χ2n) is 4.65. The highest BCUT2D eigenvalue weighted by molar-refractivity contribution is 5.78. The summed E-state index contributed by atoms with van der Waals surface area (Å²) >= 11 is 0. The van der Waals surface area contributed by atoms with Crippen molar-refractivity contribution in [1.82, 2.24) is 9.88 Å². The van der Waals surface area contributed by atoms with Gasteiger partial charge in [-0.1, -0.05) is 30.3 Å². The molecule has 0 aliphatic rings. The fraction of sp³-hybridized carbons (Fsp3) is 0.333. The van der Waals surface area contributed by atoms with Gasteiger partial charge < -0.3 is 9.32 Å². The van der Waals surface area contributed by atoms with Crippen molar-refractivity contribution >= 4 is 5.91 Å². The molecular formula is C15H18N2O2. The number of nitrogens with zero attached hydrogens (tertiary/aromatic N) is 2. The molecule has 0 N–H and O–H groups in total. The van der Waals surface area contributed by atoms with E-state index in [2.05, 4.69) is 4.98 Å². The van der Waals surface area contributed by atoms with E-state index in [-0.39, 0.29) is 12.3 Å². The van der Waals surface area contributed by atoms with Gasteiger partial charge in [0.25, 0.3) is 0 Å². The van der Waals surface area contributed by atoms with E-state index in [1.54, 1.807) is 18.9 Å². The minimum absolute atomic E-state index is 0.0307. The third-order valence-electron chi connectivity index (χ3n) is 3.00. The average molecular weight is 258 g/mol. The van der Waals surface area contributed by atoms with Crippen molar-refractivity contribution in [2.75, 3.05) is 7.05 Å². The first-order valence-corrected chi connectivity index (χ1v) is 6.27. The van der Waals surface area contributed by atoms with Crippen LogP contribution in [0.5, 0.6) is 0 Å². The molecule has 4 heteroatoms. The summed E-state index contributed by atoms with van der Waals surface area (Å²) in [4.78, 5) is 18.0. The summed E-state index contributed by atoms with van der Waals surface area (Å²) in [5, 5.41) is 0. The van der Waals surface area contributed by atoms with E-state index < -0.39 is 0 Å². The molecule has 0 aliphatic heterocycles. The lowest BCUT2D eigenvalue weighted by Gasteiger charge is -2.16. The number of amides is 1. The minimum atomic E-state index is 0.0307. The van der Waals surface area contributed by atoms with Gasteiger partial charge >= 0.3 is 0 Å². The van der Waals surface area contributed by atoms with Crippen molar-refractivity contribution in [3.05, 3.63) is 53.2 Å². The van der Waals surface area contributed by atoms with Crippen LogP contribution in [0.2, 0.25) is 0 Å². The van der Waals surface area contributed by atoms with Crippen molar-refractivity contribution in [2.45, 2.75) is 26.8 Å². The predicted octanol–water partition coefficient (Wildman–Crippen LogP) is 2.49. The molecule has 19 heavy (non-hydrogen) atoms. The molecule has 0 spiro atoms. The number of hydrogen-bond donors (Lipinski definition) is 0. The first-order chi connectivity index (χ1) is 9.06. The summed E-state index contributed by atoms with van der Waals surface area (Å²) in [5.41, 5.74) is 1.91.